The average molecular weight is 357 g/mol. The molecule has 0 aromatic heterocycles. The Bertz CT molecular complexity index is 436. The molecule has 2 rings (SSSR count). The van der Waals surface area contributed by atoms with E-state index in [1.54, 1.807) is 0 Å². The van der Waals surface area contributed by atoms with E-state index in [1.807, 2.05) is 0 Å². The van der Waals surface area contributed by atoms with Crippen LogP contribution in [0.5, 0.6) is 0 Å². The summed E-state index contributed by atoms with van der Waals surface area (Å²) < 4.78 is 1.17. The van der Waals surface area contributed by atoms with Crippen molar-refractivity contribution in [2.75, 3.05) is 29.5 Å². The molecule has 1 heterocycles. The molecule has 0 amide bonds. The number of rotatable bonds is 5. The summed E-state index contributed by atoms with van der Waals surface area (Å²) in [4.78, 5) is 2.56. The van der Waals surface area contributed by atoms with Gasteiger partial charge < -0.3 is 10.2 Å². The summed E-state index contributed by atoms with van der Waals surface area (Å²) in [5, 5.41) is 3.57. The second-order valence-electron chi connectivity index (χ2n) is 5.92. The first-order valence-corrected chi connectivity index (χ1v) is 9.36. The smallest absolute Gasteiger partial charge is 0.0426 e. The highest BCUT2D eigenvalue weighted by atomic mass is 79.9. The van der Waals surface area contributed by atoms with Crippen LogP contribution in [0.2, 0.25) is 0 Å². The summed E-state index contributed by atoms with van der Waals surface area (Å²) in [5.74, 6) is 3.15. The standard InChI is InChI=1S/C16H25BrN2S/c1-12(2)9-18-10-14-4-5-15(17)8-16(14)19-6-7-20-11-13(19)3/h4-5,8,12-13,18H,6-7,9-11H2,1-3H3. The second kappa shape index (κ2) is 7.71. The van der Waals surface area contributed by atoms with Crippen LogP contribution < -0.4 is 10.2 Å². The Morgan fingerprint density at radius 2 is 2.25 bits per heavy atom. The summed E-state index contributed by atoms with van der Waals surface area (Å²) in [6.07, 6.45) is 0. The van der Waals surface area contributed by atoms with Crippen molar-refractivity contribution < 1.29 is 0 Å². The maximum absolute atomic E-state index is 3.62. The first-order valence-electron chi connectivity index (χ1n) is 7.41. The molecule has 1 N–H and O–H groups in total. The normalized spacial score (nSPS) is 19.6. The number of nitrogens with zero attached hydrogens (tertiary/aromatic N) is 1. The molecule has 1 aliphatic rings. The molecule has 0 saturated carbocycles. The largest absolute Gasteiger partial charge is 0.367 e. The van der Waals surface area contributed by atoms with Crippen LogP contribution in [0.25, 0.3) is 0 Å². The molecule has 112 valence electrons. The minimum absolute atomic E-state index is 0.617. The molecule has 0 radical (unpaired) electrons. The van der Waals surface area contributed by atoms with Gasteiger partial charge >= 0.3 is 0 Å². The molecule has 1 aromatic carbocycles. The predicted octanol–water partition coefficient (Wildman–Crippen LogP) is 4.14. The molecule has 1 atom stereocenters. The van der Waals surface area contributed by atoms with E-state index < -0.39 is 0 Å². The summed E-state index contributed by atoms with van der Waals surface area (Å²) in [7, 11) is 0. The minimum atomic E-state index is 0.617. The van der Waals surface area contributed by atoms with E-state index in [-0.39, 0.29) is 0 Å². The van der Waals surface area contributed by atoms with Gasteiger partial charge in [0.15, 0.2) is 0 Å². The van der Waals surface area contributed by atoms with Gasteiger partial charge in [0.1, 0.15) is 0 Å². The van der Waals surface area contributed by atoms with Crippen LogP contribution in [0.1, 0.15) is 26.3 Å². The van der Waals surface area contributed by atoms with Crippen LogP contribution in [-0.2, 0) is 6.54 Å². The third-order valence-corrected chi connectivity index (χ3v) is 5.28. The van der Waals surface area contributed by atoms with Crippen molar-refractivity contribution >= 4 is 33.4 Å². The van der Waals surface area contributed by atoms with E-state index in [1.165, 1.54) is 27.2 Å². The summed E-state index contributed by atoms with van der Waals surface area (Å²) in [5.41, 5.74) is 2.80. The molecule has 0 spiro atoms. The van der Waals surface area contributed by atoms with Gasteiger partial charge in [-0.2, -0.15) is 11.8 Å². The predicted molar refractivity (Wildman–Crippen MR) is 94.8 cm³/mol. The number of thioether (sulfide) groups is 1. The van der Waals surface area contributed by atoms with Crippen molar-refractivity contribution in [3.05, 3.63) is 28.2 Å². The molecular formula is C16H25BrN2S. The van der Waals surface area contributed by atoms with Crippen LogP contribution in [0.15, 0.2) is 22.7 Å². The fourth-order valence-corrected chi connectivity index (χ4v) is 3.90. The Balaban J connectivity index is 2.14. The number of hydrogen-bond donors (Lipinski definition) is 1. The quantitative estimate of drug-likeness (QED) is 0.853. The van der Waals surface area contributed by atoms with Gasteiger partial charge in [0.2, 0.25) is 0 Å². The molecule has 1 fully saturated rings. The molecule has 20 heavy (non-hydrogen) atoms. The maximum atomic E-state index is 3.62. The Labute approximate surface area is 135 Å². The van der Waals surface area contributed by atoms with E-state index in [9.17, 15) is 0 Å². The molecule has 0 aliphatic carbocycles. The molecule has 1 saturated heterocycles. The lowest BCUT2D eigenvalue weighted by atomic mass is 10.1. The van der Waals surface area contributed by atoms with E-state index >= 15 is 0 Å². The van der Waals surface area contributed by atoms with Gasteiger partial charge in [-0.25, -0.2) is 0 Å². The first-order chi connectivity index (χ1) is 9.58. The van der Waals surface area contributed by atoms with Gasteiger partial charge in [0, 0.05) is 40.8 Å². The topological polar surface area (TPSA) is 15.3 Å². The average Bonchev–Trinajstić information content (AvgIpc) is 2.41. The van der Waals surface area contributed by atoms with E-state index in [4.69, 9.17) is 0 Å². The molecule has 1 aliphatic heterocycles. The molecular weight excluding hydrogens is 332 g/mol. The number of nitrogens with one attached hydrogen (secondary N) is 1. The summed E-state index contributed by atoms with van der Waals surface area (Å²) >= 11 is 5.69. The Morgan fingerprint density at radius 1 is 1.45 bits per heavy atom. The molecule has 1 aromatic rings. The fraction of sp³-hybridized carbons (Fsp3) is 0.625. The molecule has 1 unspecified atom stereocenters. The zero-order chi connectivity index (χ0) is 14.5. The van der Waals surface area contributed by atoms with Gasteiger partial charge in [-0.05, 0) is 37.1 Å². The van der Waals surface area contributed by atoms with Crippen molar-refractivity contribution in [2.45, 2.75) is 33.4 Å². The zero-order valence-electron chi connectivity index (χ0n) is 12.7. The van der Waals surface area contributed by atoms with Gasteiger partial charge in [-0.1, -0.05) is 35.8 Å². The summed E-state index contributed by atoms with van der Waals surface area (Å²) in [6.45, 7) is 10.0. The Morgan fingerprint density at radius 3 is 2.95 bits per heavy atom. The lowest BCUT2D eigenvalue weighted by molar-refractivity contribution is 0.551. The van der Waals surface area contributed by atoms with Gasteiger partial charge in [0.25, 0.3) is 0 Å². The third-order valence-electron chi connectivity index (χ3n) is 3.59. The van der Waals surface area contributed by atoms with Gasteiger partial charge in [0.05, 0.1) is 0 Å². The highest BCUT2D eigenvalue weighted by Gasteiger charge is 2.21. The van der Waals surface area contributed by atoms with Crippen molar-refractivity contribution in [1.82, 2.24) is 5.32 Å². The van der Waals surface area contributed by atoms with Crippen molar-refractivity contribution in [1.29, 1.82) is 0 Å². The van der Waals surface area contributed by atoms with Crippen LogP contribution in [0.3, 0.4) is 0 Å². The van der Waals surface area contributed by atoms with Gasteiger partial charge in [-0.3, -0.25) is 0 Å². The van der Waals surface area contributed by atoms with E-state index in [2.05, 4.69) is 76.9 Å². The highest BCUT2D eigenvalue weighted by molar-refractivity contribution is 9.10. The molecule has 0 bridgehead atoms. The second-order valence-corrected chi connectivity index (χ2v) is 7.98. The van der Waals surface area contributed by atoms with Crippen molar-refractivity contribution in [3.8, 4) is 0 Å². The number of hydrogen-bond acceptors (Lipinski definition) is 3. The molecule has 2 nitrogen and oxygen atoms in total. The lowest BCUT2D eigenvalue weighted by Gasteiger charge is -2.36. The zero-order valence-corrected chi connectivity index (χ0v) is 15.1. The van der Waals surface area contributed by atoms with E-state index in [0.29, 0.717) is 12.0 Å². The third kappa shape index (κ3) is 4.40. The number of anilines is 1. The van der Waals surface area contributed by atoms with Crippen LogP contribution in [0.4, 0.5) is 5.69 Å². The Hall–Kier alpha value is -0.190. The van der Waals surface area contributed by atoms with Crippen molar-refractivity contribution in [2.24, 2.45) is 5.92 Å². The van der Waals surface area contributed by atoms with Crippen LogP contribution in [0, 0.1) is 5.92 Å². The van der Waals surface area contributed by atoms with E-state index in [0.717, 1.165) is 19.6 Å². The Kier molecular flexibility index (Phi) is 6.24. The monoisotopic (exact) mass is 356 g/mol. The highest BCUT2D eigenvalue weighted by Crippen LogP contribution is 2.30. The SMILES string of the molecule is CC(C)CNCc1ccc(Br)cc1N1CCSCC1C. The number of benzene rings is 1. The molecule has 4 heteroatoms. The van der Waals surface area contributed by atoms with Crippen LogP contribution >= 0.6 is 27.7 Å². The van der Waals surface area contributed by atoms with Crippen molar-refractivity contribution in [3.63, 3.8) is 0 Å². The maximum Gasteiger partial charge on any atom is 0.0426 e. The first kappa shape index (κ1) is 16.2. The fourth-order valence-electron chi connectivity index (χ4n) is 2.53. The lowest BCUT2D eigenvalue weighted by Crippen LogP contribution is -2.41. The minimum Gasteiger partial charge on any atom is -0.367 e. The van der Waals surface area contributed by atoms with Gasteiger partial charge in [-0.15, -0.1) is 0 Å². The van der Waals surface area contributed by atoms with Crippen LogP contribution in [-0.4, -0.2) is 30.6 Å². The summed E-state index contributed by atoms with van der Waals surface area (Å²) in [6, 6.07) is 7.30. The number of halogens is 1.